The molecule has 2 heterocycles. The first-order valence-corrected chi connectivity index (χ1v) is 9.38. The van der Waals surface area contributed by atoms with E-state index in [1.165, 1.54) is 6.07 Å². The first-order valence-electron chi connectivity index (χ1n) is 9.38. The molecule has 0 atom stereocenters. The van der Waals surface area contributed by atoms with Crippen molar-refractivity contribution in [2.75, 3.05) is 7.11 Å². The van der Waals surface area contributed by atoms with Gasteiger partial charge in [-0.15, -0.1) is 0 Å². The van der Waals surface area contributed by atoms with Gasteiger partial charge in [-0.1, -0.05) is 48.5 Å². The minimum Gasteiger partial charge on any atom is -0.497 e. The lowest BCUT2D eigenvalue weighted by atomic mass is 9.97. The molecule has 0 N–H and O–H groups in total. The van der Waals surface area contributed by atoms with Crippen LogP contribution in [0.25, 0.3) is 44.2 Å². The van der Waals surface area contributed by atoms with E-state index in [4.69, 9.17) is 13.6 Å². The van der Waals surface area contributed by atoms with E-state index < -0.39 is 11.3 Å². The fourth-order valence-corrected chi connectivity index (χ4v) is 3.66. The first kappa shape index (κ1) is 17.9. The summed E-state index contributed by atoms with van der Waals surface area (Å²) in [4.78, 5) is 25.1. The maximum Gasteiger partial charge on any atom is 0.344 e. The third kappa shape index (κ3) is 2.97. The van der Waals surface area contributed by atoms with Crippen molar-refractivity contribution in [2.24, 2.45) is 0 Å². The Morgan fingerprint density at radius 1 is 0.733 bits per heavy atom. The minimum atomic E-state index is -0.518. The highest BCUT2D eigenvalue weighted by molar-refractivity contribution is 6.01. The molecule has 0 saturated heterocycles. The van der Waals surface area contributed by atoms with Crippen LogP contribution in [0.5, 0.6) is 5.75 Å². The highest BCUT2D eigenvalue weighted by atomic mass is 16.5. The second kappa shape index (κ2) is 7.04. The number of fused-ring (bicyclic) bond motifs is 2. The molecule has 146 valence electrons. The van der Waals surface area contributed by atoms with E-state index in [1.54, 1.807) is 31.4 Å². The predicted octanol–water partition coefficient (Wildman–Crippen LogP) is 5.24. The maximum atomic E-state index is 12.8. The summed E-state index contributed by atoms with van der Waals surface area (Å²) < 4.78 is 16.3. The highest BCUT2D eigenvalue weighted by Gasteiger charge is 2.16. The van der Waals surface area contributed by atoms with Crippen LogP contribution in [0.2, 0.25) is 0 Å². The Labute approximate surface area is 170 Å². The lowest BCUT2D eigenvalue weighted by molar-refractivity contribution is 0.414. The van der Waals surface area contributed by atoms with Crippen molar-refractivity contribution in [3.63, 3.8) is 0 Å². The normalized spacial score (nSPS) is 11.1. The second-order valence-electron chi connectivity index (χ2n) is 6.88. The molecule has 0 saturated carbocycles. The van der Waals surface area contributed by atoms with Gasteiger partial charge in [-0.3, -0.25) is 0 Å². The summed E-state index contributed by atoms with van der Waals surface area (Å²) in [5, 5.41) is 1.48. The van der Waals surface area contributed by atoms with Crippen molar-refractivity contribution in [1.29, 1.82) is 0 Å². The van der Waals surface area contributed by atoms with Crippen LogP contribution in [0, 0.1) is 0 Å². The van der Waals surface area contributed by atoms with E-state index >= 15 is 0 Å². The standard InChI is InChI=1S/C25H16O5/c1-28-17-11-10-16-12-21(25(27)29-22(16)13-17)19-9-5-8-18-20(14-23(26)30-24(18)19)15-6-3-2-4-7-15/h2-14H,1H3. The molecule has 0 radical (unpaired) electrons. The highest BCUT2D eigenvalue weighted by Crippen LogP contribution is 2.33. The molecule has 2 aromatic heterocycles. The van der Waals surface area contributed by atoms with Crippen molar-refractivity contribution < 1.29 is 13.6 Å². The summed E-state index contributed by atoms with van der Waals surface area (Å²) in [5.41, 5.74) is 2.25. The fraction of sp³-hybridized carbons (Fsp3) is 0.0400. The molecule has 5 aromatic rings. The molecular formula is C25H16O5. The van der Waals surface area contributed by atoms with Crippen LogP contribution >= 0.6 is 0 Å². The second-order valence-corrected chi connectivity index (χ2v) is 6.88. The van der Waals surface area contributed by atoms with Gasteiger partial charge < -0.3 is 13.6 Å². The van der Waals surface area contributed by atoms with E-state index in [-0.39, 0.29) is 0 Å². The van der Waals surface area contributed by atoms with Crippen LogP contribution in [0.3, 0.4) is 0 Å². The minimum absolute atomic E-state index is 0.326. The molecule has 0 aliphatic rings. The Morgan fingerprint density at radius 2 is 1.57 bits per heavy atom. The number of hydrogen-bond acceptors (Lipinski definition) is 5. The molecule has 0 bridgehead atoms. The summed E-state index contributed by atoms with van der Waals surface area (Å²) in [6, 6.07) is 23.5. The fourth-order valence-electron chi connectivity index (χ4n) is 3.66. The van der Waals surface area contributed by atoms with Crippen LogP contribution in [0.4, 0.5) is 0 Å². The molecule has 30 heavy (non-hydrogen) atoms. The van der Waals surface area contributed by atoms with Crippen molar-refractivity contribution in [3.05, 3.63) is 99.7 Å². The van der Waals surface area contributed by atoms with Gasteiger partial charge in [0.1, 0.15) is 16.9 Å². The Morgan fingerprint density at radius 3 is 2.37 bits per heavy atom. The van der Waals surface area contributed by atoms with Gasteiger partial charge in [0.15, 0.2) is 0 Å². The van der Waals surface area contributed by atoms with Gasteiger partial charge in [0.2, 0.25) is 0 Å². The van der Waals surface area contributed by atoms with Gasteiger partial charge in [-0.25, -0.2) is 9.59 Å². The molecule has 0 unspecified atom stereocenters. The summed E-state index contributed by atoms with van der Waals surface area (Å²) in [6.07, 6.45) is 0. The third-order valence-corrected chi connectivity index (χ3v) is 5.09. The Hall–Kier alpha value is -4.12. The molecular weight excluding hydrogens is 380 g/mol. The molecule has 0 spiro atoms. The number of benzene rings is 3. The summed E-state index contributed by atoms with van der Waals surface area (Å²) in [6.45, 7) is 0. The monoisotopic (exact) mass is 396 g/mol. The van der Waals surface area contributed by atoms with E-state index in [9.17, 15) is 9.59 Å². The number of ether oxygens (including phenoxy) is 1. The molecule has 0 amide bonds. The van der Waals surface area contributed by atoms with Gasteiger partial charge in [0, 0.05) is 28.5 Å². The van der Waals surface area contributed by atoms with Crippen molar-refractivity contribution in [3.8, 4) is 28.0 Å². The average molecular weight is 396 g/mol. The first-order chi connectivity index (χ1) is 14.6. The smallest absolute Gasteiger partial charge is 0.344 e. The third-order valence-electron chi connectivity index (χ3n) is 5.09. The Balaban J connectivity index is 1.80. The topological polar surface area (TPSA) is 69.7 Å². The molecule has 0 aliphatic heterocycles. The Bertz CT molecular complexity index is 1510. The zero-order valence-corrected chi connectivity index (χ0v) is 16.0. The number of methoxy groups -OCH3 is 1. The molecule has 5 nitrogen and oxygen atoms in total. The van der Waals surface area contributed by atoms with Crippen molar-refractivity contribution in [1.82, 2.24) is 0 Å². The van der Waals surface area contributed by atoms with Gasteiger partial charge in [-0.2, -0.15) is 0 Å². The van der Waals surface area contributed by atoms with Crippen LogP contribution in [0.1, 0.15) is 0 Å². The van der Waals surface area contributed by atoms with Crippen LogP contribution in [-0.2, 0) is 0 Å². The van der Waals surface area contributed by atoms with Crippen molar-refractivity contribution >= 4 is 21.9 Å². The SMILES string of the molecule is COc1ccc2cc(-c3cccc4c(-c5ccccc5)cc(=O)oc34)c(=O)oc2c1. The zero-order valence-electron chi connectivity index (χ0n) is 16.0. The van der Waals surface area contributed by atoms with Crippen LogP contribution < -0.4 is 16.0 Å². The predicted molar refractivity (Wildman–Crippen MR) is 116 cm³/mol. The van der Waals surface area contributed by atoms with E-state index in [1.807, 2.05) is 48.5 Å². The van der Waals surface area contributed by atoms with Gasteiger partial charge in [-0.05, 0) is 29.3 Å². The molecule has 5 heteroatoms. The zero-order chi connectivity index (χ0) is 20.7. The van der Waals surface area contributed by atoms with Gasteiger partial charge in [0.25, 0.3) is 0 Å². The lowest BCUT2D eigenvalue weighted by Crippen LogP contribution is -2.05. The largest absolute Gasteiger partial charge is 0.497 e. The molecule has 0 aliphatic carbocycles. The number of hydrogen-bond donors (Lipinski definition) is 0. The average Bonchev–Trinajstić information content (AvgIpc) is 2.78. The maximum absolute atomic E-state index is 12.8. The summed E-state index contributed by atoms with van der Waals surface area (Å²) >= 11 is 0. The number of rotatable bonds is 3. The summed E-state index contributed by atoms with van der Waals surface area (Å²) in [7, 11) is 1.55. The van der Waals surface area contributed by atoms with Gasteiger partial charge >= 0.3 is 11.3 Å². The van der Waals surface area contributed by atoms with E-state index in [0.29, 0.717) is 28.0 Å². The van der Waals surface area contributed by atoms with Crippen LogP contribution in [-0.4, -0.2) is 7.11 Å². The number of para-hydroxylation sites is 1. The Kier molecular flexibility index (Phi) is 4.21. The van der Waals surface area contributed by atoms with Crippen molar-refractivity contribution in [2.45, 2.75) is 0 Å². The van der Waals surface area contributed by atoms with Gasteiger partial charge in [0.05, 0.1) is 12.7 Å². The van der Waals surface area contributed by atoms with E-state index in [0.717, 1.165) is 21.9 Å². The summed E-state index contributed by atoms with van der Waals surface area (Å²) in [5.74, 6) is 0.599. The van der Waals surface area contributed by atoms with E-state index in [2.05, 4.69) is 0 Å². The van der Waals surface area contributed by atoms with Crippen LogP contribution in [0.15, 0.2) is 97.3 Å². The molecule has 3 aromatic carbocycles. The molecule has 0 fully saturated rings. The quantitative estimate of drug-likeness (QED) is 0.390. The lowest BCUT2D eigenvalue weighted by Gasteiger charge is -2.09. The molecule has 5 rings (SSSR count).